The molecule has 0 saturated heterocycles. The van der Waals surface area contributed by atoms with E-state index in [0.29, 0.717) is 12.2 Å². The van der Waals surface area contributed by atoms with Gasteiger partial charge in [0.05, 0.1) is 10.6 Å². The SMILES string of the molecule is C/C(=C/[N+](=O)[O-])NCCc1ccccc1. The van der Waals surface area contributed by atoms with E-state index < -0.39 is 4.92 Å². The Balaban J connectivity index is 2.31. The Morgan fingerprint density at radius 3 is 2.73 bits per heavy atom. The van der Waals surface area contributed by atoms with Gasteiger partial charge in [-0.3, -0.25) is 10.1 Å². The van der Waals surface area contributed by atoms with Crippen LogP contribution in [0.15, 0.2) is 42.2 Å². The molecule has 0 aromatic heterocycles. The van der Waals surface area contributed by atoms with Gasteiger partial charge in [0, 0.05) is 6.54 Å². The van der Waals surface area contributed by atoms with Crippen LogP contribution in [0.2, 0.25) is 0 Å². The fraction of sp³-hybridized carbons (Fsp3) is 0.273. The first kappa shape index (κ1) is 11.2. The van der Waals surface area contributed by atoms with Crippen LogP contribution in [-0.2, 0) is 6.42 Å². The van der Waals surface area contributed by atoms with Crippen molar-refractivity contribution in [2.45, 2.75) is 13.3 Å². The maximum Gasteiger partial charge on any atom is 0.252 e. The summed E-state index contributed by atoms with van der Waals surface area (Å²) < 4.78 is 0. The molecule has 0 atom stereocenters. The molecule has 80 valence electrons. The first-order valence-electron chi connectivity index (χ1n) is 4.78. The van der Waals surface area contributed by atoms with Gasteiger partial charge in [-0.1, -0.05) is 30.3 Å². The summed E-state index contributed by atoms with van der Waals surface area (Å²) in [5, 5.41) is 13.1. The molecule has 0 radical (unpaired) electrons. The molecule has 4 nitrogen and oxygen atoms in total. The number of hydrogen-bond donors (Lipinski definition) is 1. The van der Waals surface area contributed by atoms with Crippen molar-refractivity contribution < 1.29 is 4.92 Å². The molecule has 1 rings (SSSR count). The lowest BCUT2D eigenvalue weighted by molar-refractivity contribution is -0.403. The van der Waals surface area contributed by atoms with Crippen LogP contribution in [0.1, 0.15) is 12.5 Å². The van der Waals surface area contributed by atoms with Gasteiger partial charge in [-0.2, -0.15) is 0 Å². The van der Waals surface area contributed by atoms with Crippen molar-refractivity contribution in [2.24, 2.45) is 0 Å². The fourth-order valence-electron chi connectivity index (χ4n) is 1.25. The molecule has 0 heterocycles. The van der Waals surface area contributed by atoms with Gasteiger partial charge in [-0.05, 0) is 18.9 Å². The average Bonchev–Trinajstić information content (AvgIpc) is 2.18. The first-order chi connectivity index (χ1) is 7.18. The molecule has 0 spiro atoms. The molecule has 4 heteroatoms. The lowest BCUT2D eigenvalue weighted by Gasteiger charge is -2.03. The van der Waals surface area contributed by atoms with Gasteiger partial charge in [0.1, 0.15) is 0 Å². The molecule has 1 aromatic rings. The average molecular weight is 206 g/mol. The molecule has 0 unspecified atom stereocenters. The van der Waals surface area contributed by atoms with Gasteiger partial charge in [0.15, 0.2) is 0 Å². The van der Waals surface area contributed by atoms with Crippen LogP contribution in [0.25, 0.3) is 0 Å². The minimum Gasteiger partial charge on any atom is -0.383 e. The van der Waals surface area contributed by atoms with E-state index in [0.717, 1.165) is 12.6 Å². The highest BCUT2D eigenvalue weighted by Gasteiger charge is 1.95. The Hall–Kier alpha value is -1.84. The van der Waals surface area contributed by atoms with Crippen molar-refractivity contribution in [3.05, 3.63) is 57.9 Å². The lowest BCUT2D eigenvalue weighted by atomic mass is 10.1. The van der Waals surface area contributed by atoms with Crippen molar-refractivity contribution in [3.8, 4) is 0 Å². The van der Waals surface area contributed by atoms with Gasteiger partial charge >= 0.3 is 0 Å². The van der Waals surface area contributed by atoms with Crippen molar-refractivity contribution in [1.82, 2.24) is 5.32 Å². The number of nitrogens with zero attached hydrogens (tertiary/aromatic N) is 1. The molecule has 0 bridgehead atoms. The van der Waals surface area contributed by atoms with Crippen molar-refractivity contribution in [1.29, 1.82) is 0 Å². The van der Waals surface area contributed by atoms with Crippen LogP contribution in [0, 0.1) is 10.1 Å². The highest BCUT2D eigenvalue weighted by atomic mass is 16.6. The summed E-state index contributed by atoms with van der Waals surface area (Å²) in [6.07, 6.45) is 1.84. The zero-order valence-corrected chi connectivity index (χ0v) is 8.64. The quantitative estimate of drug-likeness (QED) is 0.591. The van der Waals surface area contributed by atoms with Crippen LogP contribution in [0.5, 0.6) is 0 Å². The standard InChI is InChI=1S/C11H14N2O2/c1-10(9-13(14)15)12-8-7-11-5-3-2-4-6-11/h2-6,9,12H,7-8H2,1H3/b10-9-. The number of allylic oxidation sites excluding steroid dienone is 1. The second-order valence-corrected chi connectivity index (χ2v) is 3.26. The summed E-state index contributed by atoms with van der Waals surface area (Å²) in [6.45, 7) is 2.40. The van der Waals surface area contributed by atoms with E-state index in [1.54, 1.807) is 6.92 Å². The third kappa shape index (κ3) is 4.81. The van der Waals surface area contributed by atoms with E-state index in [-0.39, 0.29) is 0 Å². The van der Waals surface area contributed by atoms with Gasteiger partial charge in [0.25, 0.3) is 6.20 Å². The van der Waals surface area contributed by atoms with Crippen LogP contribution in [-0.4, -0.2) is 11.5 Å². The predicted octanol–water partition coefficient (Wildman–Crippen LogP) is 1.96. The van der Waals surface area contributed by atoms with Crippen LogP contribution < -0.4 is 5.32 Å². The first-order valence-corrected chi connectivity index (χ1v) is 4.78. The second kappa shape index (κ2) is 5.80. The van der Waals surface area contributed by atoms with Crippen molar-refractivity contribution >= 4 is 0 Å². The smallest absolute Gasteiger partial charge is 0.252 e. The molecule has 1 aromatic carbocycles. The van der Waals surface area contributed by atoms with E-state index in [1.807, 2.05) is 30.3 Å². The summed E-state index contributed by atoms with van der Waals surface area (Å²) in [4.78, 5) is 9.68. The Kier molecular flexibility index (Phi) is 4.34. The zero-order valence-electron chi connectivity index (χ0n) is 8.64. The monoisotopic (exact) mass is 206 g/mol. The summed E-state index contributed by atoms with van der Waals surface area (Å²) in [5.74, 6) is 0. The maximum atomic E-state index is 10.1. The number of rotatable bonds is 5. The number of benzene rings is 1. The van der Waals surface area contributed by atoms with E-state index in [2.05, 4.69) is 5.32 Å². The number of nitrogens with one attached hydrogen (secondary N) is 1. The van der Waals surface area contributed by atoms with Gasteiger partial charge < -0.3 is 5.32 Å². The second-order valence-electron chi connectivity index (χ2n) is 3.26. The maximum absolute atomic E-state index is 10.1. The number of nitro groups is 1. The molecule has 0 aliphatic heterocycles. The van der Waals surface area contributed by atoms with Gasteiger partial charge in [-0.25, -0.2) is 0 Å². The summed E-state index contributed by atoms with van der Waals surface area (Å²) >= 11 is 0. The Morgan fingerprint density at radius 1 is 1.47 bits per heavy atom. The summed E-state index contributed by atoms with van der Waals surface area (Å²) in [7, 11) is 0. The largest absolute Gasteiger partial charge is 0.383 e. The molecule has 1 N–H and O–H groups in total. The molecule has 0 saturated carbocycles. The predicted molar refractivity (Wildman–Crippen MR) is 58.9 cm³/mol. The minimum atomic E-state index is -0.454. The highest BCUT2D eigenvalue weighted by molar-refractivity contribution is 5.15. The normalized spacial score (nSPS) is 11.1. The summed E-state index contributed by atoms with van der Waals surface area (Å²) in [5.41, 5.74) is 1.80. The number of hydrogen-bond acceptors (Lipinski definition) is 3. The Bertz CT molecular complexity index is 347. The van der Waals surface area contributed by atoms with Gasteiger partial charge in [0.2, 0.25) is 0 Å². The van der Waals surface area contributed by atoms with Gasteiger partial charge in [-0.15, -0.1) is 0 Å². The molecule has 15 heavy (non-hydrogen) atoms. The molecule has 0 amide bonds. The molecule has 0 aliphatic rings. The zero-order chi connectivity index (χ0) is 11.1. The van der Waals surface area contributed by atoms with Crippen LogP contribution in [0.4, 0.5) is 0 Å². The van der Waals surface area contributed by atoms with Crippen molar-refractivity contribution in [2.75, 3.05) is 6.54 Å². The topological polar surface area (TPSA) is 55.2 Å². The van der Waals surface area contributed by atoms with E-state index in [1.165, 1.54) is 5.56 Å². The minimum absolute atomic E-state index is 0.454. The lowest BCUT2D eigenvalue weighted by Crippen LogP contribution is -2.15. The fourth-order valence-corrected chi connectivity index (χ4v) is 1.25. The van der Waals surface area contributed by atoms with Crippen LogP contribution >= 0.6 is 0 Å². The summed E-state index contributed by atoms with van der Waals surface area (Å²) in [6, 6.07) is 10.0. The molecular formula is C11H14N2O2. The molecule has 0 aliphatic carbocycles. The van der Waals surface area contributed by atoms with E-state index >= 15 is 0 Å². The van der Waals surface area contributed by atoms with E-state index in [4.69, 9.17) is 0 Å². The Morgan fingerprint density at radius 2 is 2.13 bits per heavy atom. The molecule has 0 fully saturated rings. The van der Waals surface area contributed by atoms with E-state index in [9.17, 15) is 10.1 Å². The molecular weight excluding hydrogens is 192 g/mol. The Labute approximate surface area is 88.8 Å². The third-order valence-corrected chi connectivity index (χ3v) is 1.96. The van der Waals surface area contributed by atoms with Crippen molar-refractivity contribution in [3.63, 3.8) is 0 Å². The van der Waals surface area contributed by atoms with Crippen LogP contribution in [0.3, 0.4) is 0 Å². The highest BCUT2D eigenvalue weighted by Crippen LogP contribution is 1.98. The third-order valence-electron chi connectivity index (χ3n) is 1.96.